The Morgan fingerprint density at radius 1 is 1.43 bits per heavy atom. The smallest absolute Gasteiger partial charge is 0.345 e. The number of hydrogen-bond donors (Lipinski definition) is 2. The van der Waals surface area contributed by atoms with Crippen LogP contribution < -0.4 is 5.32 Å². The van der Waals surface area contributed by atoms with Crippen molar-refractivity contribution in [3.8, 4) is 6.07 Å². The van der Waals surface area contributed by atoms with E-state index in [9.17, 15) is 9.59 Å². The number of aromatic carboxylic acids is 1. The highest BCUT2D eigenvalue weighted by atomic mass is 32.2. The Kier molecular flexibility index (Phi) is 5.38. The number of rotatable bonds is 6. The summed E-state index contributed by atoms with van der Waals surface area (Å²) in [4.78, 5) is 23.6. The fourth-order valence-electron chi connectivity index (χ4n) is 1.45. The van der Waals surface area contributed by atoms with Crippen LogP contribution in [0.4, 0.5) is 5.00 Å². The van der Waals surface area contributed by atoms with Gasteiger partial charge in [0.15, 0.2) is 0 Å². The molecule has 2 aromatic rings. The largest absolute Gasteiger partial charge is 0.477 e. The van der Waals surface area contributed by atoms with Crippen molar-refractivity contribution in [2.45, 2.75) is 11.3 Å². The summed E-state index contributed by atoms with van der Waals surface area (Å²) in [6, 6.07) is 5.27. The first-order valence-corrected chi connectivity index (χ1v) is 8.56. The lowest BCUT2D eigenvalue weighted by Gasteiger charge is -2.02. The topological polar surface area (TPSA) is 90.2 Å². The van der Waals surface area contributed by atoms with Gasteiger partial charge in [-0.3, -0.25) is 4.79 Å². The van der Waals surface area contributed by atoms with Gasteiger partial charge >= 0.3 is 5.97 Å². The number of thiophene rings is 2. The van der Waals surface area contributed by atoms with E-state index in [4.69, 9.17) is 10.4 Å². The summed E-state index contributed by atoms with van der Waals surface area (Å²) in [6.45, 7) is 0. The zero-order chi connectivity index (χ0) is 15.2. The summed E-state index contributed by atoms with van der Waals surface area (Å²) in [5, 5.41) is 24.4. The number of nitriles is 1. The average molecular weight is 338 g/mol. The van der Waals surface area contributed by atoms with Crippen molar-refractivity contribution >= 4 is 51.3 Å². The van der Waals surface area contributed by atoms with Gasteiger partial charge in [0.05, 0.1) is 5.56 Å². The lowest BCUT2D eigenvalue weighted by Crippen LogP contribution is -2.11. The van der Waals surface area contributed by atoms with E-state index in [0.717, 1.165) is 4.90 Å². The van der Waals surface area contributed by atoms with Crippen LogP contribution in [0.2, 0.25) is 0 Å². The van der Waals surface area contributed by atoms with Gasteiger partial charge in [0, 0.05) is 22.4 Å². The van der Waals surface area contributed by atoms with Gasteiger partial charge in [0.25, 0.3) is 0 Å². The summed E-state index contributed by atoms with van der Waals surface area (Å²) in [5.74, 6) is -0.545. The molecule has 0 saturated carbocycles. The zero-order valence-corrected chi connectivity index (χ0v) is 13.1. The first-order valence-electron chi connectivity index (χ1n) is 5.82. The maximum atomic E-state index is 11.8. The van der Waals surface area contributed by atoms with Crippen molar-refractivity contribution in [3.05, 3.63) is 33.3 Å². The van der Waals surface area contributed by atoms with Crippen molar-refractivity contribution < 1.29 is 14.7 Å². The summed E-state index contributed by atoms with van der Waals surface area (Å²) in [5.41, 5.74) is 0.463. The molecule has 0 radical (unpaired) electrons. The molecule has 5 nitrogen and oxygen atoms in total. The Balaban J connectivity index is 1.79. The molecular formula is C13H10N2O3S3. The molecule has 0 aliphatic carbocycles. The molecular weight excluding hydrogens is 328 g/mol. The van der Waals surface area contributed by atoms with Crippen LogP contribution in [0.25, 0.3) is 0 Å². The Hall–Kier alpha value is -1.82. The van der Waals surface area contributed by atoms with Gasteiger partial charge in [-0.15, -0.1) is 34.4 Å². The number of carbonyl (C=O) groups is 2. The molecule has 0 unspecified atom stereocenters. The molecule has 0 aromatic carbocycles. The molecule has 21 heavy (non-hydrogen) atoms. The quantitative estimate of drug-likeness (QED) is 0.787. The fraction of sp³-hybridized carbons (Fsp3) is 0.154. The molecule has 0 spiro atoms. The summed E-state index contributed by atoms with van der Waals surface area (Å²) in [6.07, 6.45) is 0.297. The van der Waals surface area contributed by atoms with Gasteiger partial charge in [-0.05, 0) is 17.5 Å². The number of anilines is 1. The highest BCUT2D eigenvalue weighted by Gasteiger charge is 2.10. The number of carboxylic acids is 1. The monoisotopic (exact) mass is 338 g/mol. The predicted octanol–water partition coefficient (Wildman–Crippen LogP) is 3.50. The molecule has 0 saturated heterocycles. The van der Waals surface area contributed by atoms with E-state index in [-0.39, 0.29) is 5.91 Å². The third kappa shape index (κ3) is 4.32. The van der Waals surface area contributed by atoms with Crippen molar-refractivity contribution in [1.82, 2.24) is 0 Å². The number of carbonyl (C=O) groups excluding carboxylic acids is 1. The van der Waals surface area contributed by atoms with E-state index < -0.39 is 5.97 Å². The van der Waals surface area contributed by atoms with Crippen molar-refractivity contribution in [3.63, 3.8) is 0 Å². The minimum Gasteiger partial charge on any atom is -0.477 e. The minimum atomic E-state index is -0.939. The second kappa shape index (κ2) is 7.26. The first kappa shape index (κ1) is 15.6. The molecule has 2 N–H and O–H groups in total. The van der Waals surface area contributed by atoms with Crippen molar-refractivity contribution in [2.24, 2.45) is 0 Å². The number of carboxylic acid groups (broad SMARTS) is 1. The summed E-state index contributed by atoms with van der Waals surface area (Å²) < 4.78 is 0. The maximum absolute atomic E-state index is 11.8. The lowest BCUT2D eigenvalue weighted by molar-refractivity contribution is -0.115. The van der Waals surface area contributed by atoms with Gasteiger partial charge in [-0.25, -0.2) is 4.79 Å². The second-order valence-corrected chi connectivity index (χ2v) is 6.87. The van der Waals surface area contributed by atoms with Crippen LogP contribution in [0.3, 0.4) is 0 Å². The number of amides is 1. The third-order valence-electron chi connectivity index (χ3n) is 2.42. The molecule has 2 rings (SSSR count). The molecule has 108 valence electrons. The average Bonchev–Trinajstić information content (AvgIpc) is 3.07. The predicted molar refractivity (Wildman–Crippen MR) is 84.3 cm³/mol. The minimum absolute atomic E-state index is 0.157. The van der Waals surface area contributed by atoms with Crippen molar-refractivity contribution in [2.75, 3.05) is 11.1 Å². The van der Waals surface area contributed by atoms with Gasteiger partial charge in [-0.2, -0.15) is 5.26 Å². The van der Waals surface area contributed by atoms with Gasteiger partial charge in [0.1, 0.15) is 15.9 Å². The molecule has 0 aliphatic rings. The number of thioether (sulfide) groups is 1. The summed E-state index contributed by atoms with van der Waals surface area (Å²) in [7, 11) is 0. The van der Waals surface area contributed by atoms with E-state index in [0.29, 0.717) is 27.6 Å². The SMILES string of the molecule is N#Cc1ccsc1NC(=O)CCSc1csc(C(=O)O)c1. The zero-order valence-electron chi connectivity index (χ0n) is 10.7. The van der Waals surface area contributed by atoms with Gasteiger partial charge in [0.2, 0.25) is 5.91 Å². The van der Waals surface area contributed by atoms with E-state index in [2.05, 4.69) is 5.32 Å². The maximum Gasteiger partial charge on any atom is 0.345 e. The van der Waals surface area contributed by atoms with E-state index >= 15 is 0 Å². The molecule has 8 heteroatoms. The Morgan fingerprint density at radius 3 is 2.90 bits per heavy atom. The van der Waals surface area contributed by atoms with Crippen molar-refractivity contribution in [1.29, 1.82) is 5.26 Å². The molecule has 0 bridgehead atoms. The molecule has 2 heterocycles. The fourth-order valence-corrected chi connectivity index (χ4v) is 4.03. The molecule has 0 aliphatic heterocycles. The summed E-state index contributed by atoms with van der Waals surface area (Å²) >= 11 is 3.92. The molecule has 0 fully saturated rings. The Bertz CT molecular complexity index is 700. The first-order chi connectivity index (χ1) is 10.1. The van der Waals surface area contributed by atoms with E-state index in [1.54, 1.807) is 22.9 Å². The van der Waals surface area contributed by atoms with Crippen LogP contribution in [-0.4, -0.2) is 22.7 Å². The van der Waals surface area contributed by atoms with Crippen LogP contribution in [0.15, 0.2) is 27.8 Å². The van der Waals surface area contributed by atoms with Crippen LogP contribution in [0.1, 0.15) is 21.7 Å². The normalized spacial score (nSPS) is 10.0. The second-order valence-electron chi connectivity index (χ2n) is 3.87. The standard InChI is InChI=1S/C13H10N2O3S3/c14-6-8-1-3-20-12(8)15-11(16)2-4-19-9-5-10(13(17)18)21-7-9/h1,3,5,7H,2,4H2,(H,15,16)(H,17,18). The number of nitrogens with zero attached hydrogens (tertiary/aromatic N) is 1. The van der Waals surface area contributed by atoms with Crippen LogP contribution in [0.5, 0.6) is 0 Å². The molecule has 1 amide bonds. The van der Waals surface area contributed by atoms with Crippen LogP contribution in [-0.2, 0) is 4.79 Å². The Morgan fingerprint density at radius 2 is 2.24 bits per heavy atom. The van der Waals surface area contributed by atoms with Gasteiger partial charge in [-0.1, -0.05) is 0 Å². The number of nitrogens with one attached hydrogen (secondary N) is 1. The van der Waals surface area contributed by atoms with Crippen LogP contribution >= 0.6 is 34.4 Å². The lowest BCUT2D eigenvalue weighted by atomic mass is 10.3. The van der Waals surface area contributed by atoms with E-state index in [1.807, 2.05) is 6.07 Å². The van der Waals surface area contributed by atoms with E-state index in [1.165, 1.54) is 34.4 Å². The highest BCUT2D eigenvalue weighted by molar-refractivity contribution is 7.99. The third-order valence-corrected chi connectivity index (χ3v) is 5.30. The van der Waals surface area contributed by atoms with Gasteiger partial charge < -0.3 is 10.4 Å². The molecule has 2 aromatic heterocycles. The Labute approximate surface area is 133 Å². The highest BCUT2D eigenvalue weighted by Crippen LogP contribution is 2.26. The van der Waals surface area contributed by atoms with Crippen LogP contribution in [0, 0.1) is 11.3 Å². The molecule has 0 atom stereocenters. The number of hydrogen-bond acceptors (Lipinski definition) is 6.